The number of carboxylic acids is 1. The third-order valence-electron chi connectivity index (χ3n) is 5.24. The lowest BCUT2D eigenvalue weighted by atomic mass is 10.1. The van der Waals surface area contributed by atoms with E-state index in [1.54, 1.807) is 17.8 Å². The van der Waals surface area contributed by atoms with Gasteiger partial charge in [0, 0.05) is 10.6 Å². The third-order valence-corrected chi connectivity index (χ3v) is 7.61. The van der Waals surface area contributed by atoms with Crippen molar-refractivity contribution >= 4 is 40.7 Å². The van der Waals surface area contributed by atoms with E-state index >= 15 is 0 Å². The summed E-state index contributed by atoms with van der Waals surface area (Å²) in [5.74, 6) is -0.149. The SMILES string of the molecule is CCCCCCc1ccc(N2C(=O)CS[C@H]2CCCc2ccc(C(=O)O)s2)cc1. The van der Waals surface area contributed by atoms with Crippen molar-refractivity contribution in [2.24, 2.45) is 0 Å². The van der Waals surface area contributed by atoms with Gasteiger partial charge in [-0.05, 0) is 61.9 Å². The van der Waals surface area contributed by atoms with Gasteiger partial charge in [-0.3, -0.25) is 9.69 Å². The van der Waals surface area contributed by atoms with Crippen molar-refractivity contribution in [2.75, 3.05) is 10.7 Å². The molecule has 1 fully saturated rings. The maximum Gasteiger partial charge on any atom is 0.345 e. The maximum absolute atomic E-state index is 12.5. The molecule has 1 aromatic carbocycles. The lowest BCUT2D eigenvalue weighted by molar-refractivity contribution is -0.115. The van der Waals surface area contributed by atoms with Crippen LogP contribution in [-0.2, 0) is 17.6 Å². The number of thiophene rings is 1. The zero-order chi connectivity index (χ0) is 20.6. The zero-order valence-electron chi connectivity index (χ0n) is 16.9. The highest BCUT2D eigenvalue weighted by atomic mass is 32.2. The number of anilines is 1. The Bertz CT molecular complexity index is 816. The molecule has 1 aromatic heterocycles. The fourth-order valence-electron chi connectivity index (χ4n) is 3.65. The summed E-state index contributed by atoms with van der Waals surface area (Å²) in [7, 11) is 0. The standard InChI is InChI=1S/C23H29NO3S2/c1-2-3-4-5-7-17-10-12-18(13-11-17)24-21(25)16-28-22(24)9-6-8-19-14-15-20(29-19)23(26)27/h10-15,22H,2-9,16H2,1H3,(H,26,27)/t22-/m0/s1. The van der Waals surface area contributed by atoms with Gasteiger partial charge in [0.05, 0.1) is 11.1 Å². The Morgan fingerprint density at radius 1 is 1.07 bits per heavy atom. The second kappa shape index (κ2) is 10.8. The van der Waals surface area contributed by atoms with E-state index in [0.29, 0.717) is 10.6 Å². The molecular formula is C23H29NO3S2. The van der Waals surface area contributed by atoms with E-state index in [1.807, 2.05) is 11.0 Å². The summed E-state index contributed by atoms with van der Waals surface area (Å²) >= 11 is 3.05. The number of hydrogen-bond acceptors (Lipinski definition) is 4. The molecule has 1 atom stereocenters. The van der Waals surface area contributed by atoms with Gasteiger partial charge in [-0.2, -0.15) is 0 Å². The fraction of sp³-hybridized carbons (Fsp3) is 0.478. The molecule has 2 aromatic rings. The van der Waals surface area contributed by atoms with Crippen LogP contribution in [0.2, 0.25) is 0 Å². The van der Waals surface area contributed by atoms with Crippen molar-refractivity contribution in [3.05, 3.63) is 51.7 Å². The molecule has 0 aliphatic carbocycles. The Morgan fingerprint density at radius 2 is 1.86 bits per heavy atom. The van der Waals surface area contributed by atoms with Gasteiger partial charge in [-0.15, -0.1) is 23.1 Å². The van der Waals surface area contributed by atoms with Gasteiger partial charge >= 0.3 is 5.97 Å². The van der Waals surface area contributed by atoms with E-state index in [0.717, 1.165) is 36.2 Å². The van der Waals surface area contributed by atoms with E-state index in [-0.39, 0.29) is 11.3 Å². The van der Waals surface area contributed by atoms with E-state index in [1.165, 1.54) is 42.6 Å². The first-order valence-corrected chi connectivity index (χ1v) is 12.3. The van der Waals surface area contributed by atoms with Crippen molar-refractivity contribution in [1.82, 2.24) is 0 Å². The first-order chi connectivity index (χ1) is 14.1. The zero-order valence-corrected chi connectivity index (χ0v) is 18.6. The van der Waals surface area contributed by atoms with Gasteiger partial charge in [0.2, 0.25) is 5.91 Å². The van der Waals surface area contributed by atoms with Gasteiger partial charge < -0.3 is 5.11 Å². The molecule has 1 N–H and O–H groups in total. The van der Waals surface area contributed by atoms with Crippen molar-refractivity contribution in [3.8, 4) is 0 Å². The molecule has 1 aliphatic rings. The van der Waals surface area contributed by atoms with Crippen LogP contribution in [0, 0.1) is 0 Å². The first-order valence-electron chi connectivity index (χ1n) is 10.4. The Balaban J connectivity index is 1.53. The van der Waals surface area contributed by atoms with E-state index in [2.05, 4.69) is 31.2 Å². The summed E-state index contributed by atoms with van der Waals surface area (Å²) in [4.78, 5) is 26.9. The van der Waals surface area contributed by atoms with Crippen LogP contribution in [0.1, 0.15) is 65.6 Å². The predicted molar refractivity (Wildman–Crippen MR) is 122 cm³/mol. The average molecular weight is 432 g/mol. The quantitative estimate of drug-likeness (QED) is 0.444. The first kappa shape index (κ1) is 21.9. The molecule has 0 unspecified atom stereocenters. The number of rotatable bonds is 11. The summed E-state index contributed by atoms with van der Waals surface area (Å²) in [6.45, 7) is 2.23. The van der Waals surface area contributed by atoms with Crippen LogP contribution in [0.3, 0.4) is 0 Å². The van der Waals surface area contributed by atoms with E-state index in [4.69, 9.17) is 5.11 Å². The number of benzene rings is 1. The molecule has 0 radical (unpaired) electrons. The van der Waals surface area contributed by atoms with Crippen molar-refractivity contribution in [2.45, 2.75) is 63.7 Å². The molecule has 0 spiro atoms. The number of aromatic carboxylic acids is 1. The van der Waals surface area contributed by atoms with Gasteiger partial charge in [-0.1, -0.05) is 38.3 Å². The number of carbonyl (C=O) groups is 2. The van der Waals surface area contributed by atoms with Crippen molar-refractivity contribution in [3.63, 3.8) is 0 Å². The molecule has 156 valence electrons. The third kappa shape index (κ3) is 6.09. The fourth-order valence-corrected chi connectivity index (χ4v) is 5.74. The molecule has 0 saturated carbocycles. The van der Waals surface area contributed by atoms with Crippen LogP contribution in [0.4, 0.5) is 5.69 Å². The average Bonchev–Trinajstić information content (AvgIpc) is 3.33. The smallest absolute Gasteiger partial charge is 0.345 e. The predicted octanol–water partition coefficient (Wildman–Crippen LogP) is 6.00. The van der Waals surface area contributed by atoms with Gasteiger partial charge in [0.1, 0.15) is 4.88 Å². The molecule has 1 amide bonds. The summed E-state index contributed by atoms with van der Waals surface area (Å²) in [5, 5.41) is 9.20. The van der Waals surface area contributed by atoms with Crippen LogP contribution >= 0.6 is 23.1 Å². The molecule has 6 heteroatoms. The molecular weight excluding hydrogens is 402 g/mol. The van der Waals surface area contributed by atoms with Gasteiger partial charge in [0.15, 0.2) is 0 Å². The number of aryl methyl sites for hydroxylation is 2. The Hall–Kier alpha value is -1.79. The molecule has 1 saturated heterocycles. The lowest BCUT2D eigenvalue weighted by Gasteiger charge is -2.24. The molecule has 1 aliphatic heterocycles. The summed E-state index contributed by atoms with van der Waals surface area (Å²) in [6.07, 6.45) is 8.86. The van der Waals surface area contributed by atoms with Crippen LogP contribution in [0.25, 0.3) is 0 Å². The van der Waals surface area contributed by atoms with E-state index < -0.39 is 5.97 Å². The highest BCUT2D eigenvalue weighted by Gasteiger charge is 2.32. The number of hydrogen-bond donors (Lipinski definition) is 1. The normalized spacial score (nSPS) is 16.5. The summed E-state index contributed by atoms with van der Waals surface area (Å²) in [5.41, 5.74) is 2.33. The number of unbranched alkanes of at least 4 members (excludes halogenated alkanes) is 3. The Morgan fingerprint density at radius 3 is 2.55 bits per heavy atom. The van der Waals surface area contributed by atoms with Crippen molar-refractivity contribution < 1.29 is 14.7 Å². The number of thioether (sulfide) groups is 1. The lowest BCUT2D eigenvalue weighted by Crippen LogP contribution is -2.32. The molecule has 3 rings (SSSR count). The van der Waals surface area contributed by atoms with Crippen molar-refractivity contribution in [1.29, 1.82) is 0 Å². The van der Waals surface area contributed by atoms with Crippen LogP contribution in [0.15, 0.2) is 36.4 Å². The second-order valence-electron chi connectivity index (χ2n) is 7.47. The topological polar surface area (TPSA) is 57.6 Å². The molecule has 29 heavy (non-hydrogen) atoms. The number of amides is 1. The second-order valence-corrected chi connectivity index (χ2v) is 9.80. The summed E-state index contributed by atoms with van der Waals surface area (Å²) in [6, 6.07) is 12.1. The van der Waals surface area contributed by atoms with Crippen LogP contribution in [0.5, 0.6) is 0 Å². The Kier molecular flexibility index (Phi) is 8.19. The molecule has 4 nitrogen and oxygen atoms in total. The minimum atomic E-state index is -0.863. The number of carboxylic acid groups (broad SMARTS) is 1. The number of carbonyl (C=O) groups excluding carboxylic acids is 1. The highest BCUT2D eigenvalue weighted by molar-refractivity contribution is 8.01. The van der Waals surface area contributed by atoms with Crippen LogP contribution < -0.4 is 4.90 Å². The van der Waals surface area contributed by atoms with Gasteiger partial charge in [-0.25, -0.2) is 4.79 Å². The largest absolute Gasteiger partial charge is 0.477 e. The monoisotopic (exact) mass is 431 g/mol. The van der Waals surface area contributed by atoms with Crippen LogP contribution in [-0.4, -0.2) is 28.1 Å². The minimum Gasteiger partial charge on any atom is -0.477 e. The Labute approximate surface area is 181 Å². The molecule has 0 bridgehead atoms. The molecule has 2 heterocycles. The highest BCUT2D eigenvalue weighted by Crippen LogP contribution is 2.34. The summed E-state index contributed by atoms with van der Waals surface area (Å²) < 4.78 is 0. The number of nitrogens with zero attached hydrogens (tertiary/aromatic N) is 1. The minimum absolute atomic E-state index is 0.164. The van der Waals surface area contributed by atoms with E-state index in [9.17, 15) is 9.59 Å². The maximum atomic E-state index is 12.5. The van der Waals surface area contributed by atoms with Gasteiger partial charge in [0.25, 0.3) is 0 Å².